The number of carbonyl (C=O) groups excluding carboxylic acids is 2. The highest BCUT2D eigenvalue weighted by Crippen LogP contribution is 2.31. The number of amides is 2. The molecule has 2 atom stereocenters. The zero-order chi connectivity index (χ0) is 17.9. The minimum atomic E-state index is -0.309. The van der Waals surface area contributed by atoms with Gasteiger partial charge in [0.05, 0.1) is 18.7 Å². The number of methoxy groups -OCH3 is 1. The van der Waals surface area contributed by atoms with Gasteiger partial charge in [0.2, 0.25) is 11.8 Å². The first kappa shape index (κ1) is 18.9. The number of pyridine rings is 1. The van der Waals surface area contributed by atoms with Crippen molar-refractivity contribution in [3.63, 3.8) is 0 Å². The van der Waals surface area contributed by atoms with Crippen molar-refractivity contribution in [1.82, 2.24) is 14.8 Å². The maximum Gasteiger partial charge on any atom is 0.246 e. The minimum absolute atomic E-state index is 0.0733. The van der Waals surface area contributed by atoms with Gasteiger partial charge in [-0.2, -0.15) is 0 Å². The van der Waals surface area contributed by atoms with Crippen molar-refractivity contribution in [3.05, 3.63) is 40.1 Å². The number of hydrogen-bond acceptors (Lipinski definition) is 4. The molecule has 0 spiro atoms. The van der Waals surface area contributed by atoms with E-state index in [1.54, 1.807) is 29.0 Å². The van der Waals surface area contributed by atoms with Crippen LogP contribution in [-0.2, 0) is 14.3 Å². The van der Waals surface area contributed by atoms with Crippen molar-refractivity contribution < 1.29 is 14.3 Å². The molecule has 1 aromatic heterocycles. The summed E-state index contributed by atoms with van der Waals surface area (Å²) in [4.78, 5) is 31.9. The molecule has 1 aliphatic rings. The first-order chi connectivity index (χ1) is 11.4. The van der Waals surface area contributed by atoms with Crippen LogP contribution >= 0.6 is 27.5 Å². The molecule has 1 saturated heterocycles. The Hall–Kier alpha value is -1.44. The molecule has 2 amide bonds. The van der Waals surface area contributed by atoms with Crippen LogP contribution in [0.1, 0.15) is 18.5 Å². The molecule has 0 radical (unpaired) electrons. The predicted molar refractivity (Wildman–Crippen MR) is 94.6 cm³/mol. The molecule has 2 heterocycles. The zero-order valence-electron chi connectivity index (χ0n) is 13.5. The smallest absolute Gasteiger partial charge is 0.246 e. The Kier molecular flexibility index (Phi) is 6.37. The van der Waals surface area contributed by atoms with Crippen LogP contribution in [-0.4, -0.2) is 59.4 Å². The molecule has 0 bridgehead atoms. The third-order valence-corrected chi connectivity index (χ3v) is 4.59. The van der Waals surface area contributed by atoms with Crippen molar-refractivity contribution in [2.75, 3.05) is 26.8 Å². The van der Waals surface area contributed by atoms with E-state index in [0.29, 0.717) is 29.5 Å². The highest BCUT2D eigenvalue weighted by molar-refractivity contribution is 9.10. The average molecular weight is 417 g/mol. The topological polar surface area (TPSA) is 62.7 Å². The van der Waals surface area contributed by atoms with E-state index >= 15 is 0 Å². The lowest BCUT2D eigenvalue weighted by molar-refractivity contribution is -0.144. The Morgan fingerprint density at radius 3 is 2.71 bits per heavy atom. The Balaban J connectivity index is 2.41. The summed E-state index contributed by atoms with van der Waals surface area (Å²) >= 11 is 9.36. The fourth-order valence-electron chi connectivity index (χ4n) is 2.92. The van der Waals surface area contributed by atoms with Crippen LogP contribution < -0.4 is 0 Å². The summed E-state index contributed by atoms with van der Waals surface area (Å²) in [6.45, 7) is 6.14. The van der Waals surface area contributed by atoms with Crippen molar-refractivity contribution in [2.45, 2.75) is 19.0 Å². The van der Waals surface area contributed by atoms with E-state index in [1.165, 1.54) is 13.0 Å². The molecule has 2 rings (SSSR count). The summed E-state index contributed by atoms with van der Waals surface area (Å²) in [5.74, 6) is -0.264. The summed E-state index contributed by atoms with van der Waals surface area (Å²) in [6, 6.07) is 2.98. The molecule has 0 unspecified atom stereocenters. The van der Waals surface area contributed by atoms with E-state index in [4.69, 9.17) is 16.3 Å². The fraction of sp³-hybridized carbons (Fsp3) is 0.438. The number of halogens is 2. The summed E-state index contributed by atoms with van der Waals surface area (Å²) in [5, 5.41) is 0.323. The second-order valence-electron chi connectivity index (χ2n) is 5.54. The lowest BCUT2D eigenvalue weighted by atomic mass is 10.00. The maximum absolute atomic E-state index is 12.2. The highest BCUT2D eigenvalue weighted by Gasteiger charge is 2.37. The Bertz CT molecular complexity index is 635. The van der Waals surface area contributed by atoms with Gasteiger partial charge >= 0.3 is 0 Å². The maximum atomic E-state index is 12.2. The Morgan fingerprint density at radius 1 is 1.46 bits per heavy atom. The molecular formula is C16H19BrClN3O3. The largest absolute Gasteiger partial charge is 0.382 e. The number of rotatable bonds is 4. The van der Waals surface area contributed by atoms with Crippen LogP contribution in [0.15, 0.2) is 29.4 Å². The number of piperazine rings is 1. The molecule has 24 heavy (non-hydrogen) atoms. The molecular weight excluding hydrogens is 398 g/mol. The van der Waals surface area contributed by atoms with Gasteiger partial charge in [0, 0.05) is 27.1 Å². The van der Waals surface area contributed by atoms with Gasteiger partial charge in [0.25, 0.3) is 0 Å². The molecule has 1 aromatic rings. The Labute approximate surface area is 154 Å². The highest BCUT2D eigenvalue weighted by atomic mass is 79.9. The second-order valence-corrected chi connectivity index (χ2v) is 6.74. The Morgan fingerprint density at radius 2 is 2.17 bits per heavy atom. The molecule has 0 aliphatic carbocycles. The van der Waals surface area contributed by atoms with E-state index in [0.717, 1.165) is 5.56 Å². The van der Waals surface area contributed by atoms with Crippen molar-refractivity contribution >= 4 is 39.3 Å². The van der Waals surface area contributed by atoms with E-state index in [2.05, 4.69) is 27.5 Å². The number of hydrogen-bond donors (Lipinski definition) is 0. The first-order valence-corrected chi connectivity index (χ1v) is 8.56. The van der Waals surface area contributed by atoms with Gasteiger partial charge in [-0.3, -0.25) is 9.59 Å². The summed E-state index contributed by atoms with van der Waals surface area (Å²) in [7, 11) is 1.57. The van der Waals surface area contributed by atoms with Gasteiger partial charge in [-0.1, -0.05) is 18.2 Å². The molecule has 0 aromatic carbocycles. The SMILES string of the molecule is C=CC(=O)N1C[C@@H](c2cc(Cl)nc(Br)c2)N(C(C)=O)C[C@@H]1COC. The average Bonchev–Trinajstić information content (AvgIpc) is 2.53. The third-order valence-electron chi connectivity index (χ3n) is 3.99. The first-order valence-electron chi connectivity index (χ1n) is 7.39. The normalized spacial score (nSPS) is 20.8. The molecule has 0 N–H and O–H groups in total. The fourth-order valence-corrected chi connectivity index (χ4v) is 3.69. The molecule has 1 fully saturated rings. The molecule has 1 aliphatic heterocycles. The second kappa shape index (κ2) is 8.09. The van der Waals surface area contributed by atoms with Crippen LogP contribution in [0, 0.1) is 0 Å². The summed E-state index contributed by atoms with van der Waals surface area (Å²) in [5.41, 5.74) is 0.815. The van der Waals surface area contributed by atoms with E-state index in [9.17, 15) is 9.59 Å². The molecule has 6 nitrogen and oxygen atoms in total. The number of aromatic nitrogens is 1. The van der Waals surface area contributed by atoms with Gasteiger partial charge in [0.15, 0.2) is 0 Å². The van der Waals surface area contributed by atoms with Crippen LogP contribution in [0.5, 0.6) is 0 Å². The molecule has 130 valence electrons. The van der Waals surface area contributed by atoms with E-state index < -0.39 is 0 Å². The molecule has 8 heteroatoms. The van der Waals surface area contributed by atoms with Gasteiger partial charge in [0.1, 0.15) is 9.76 Å². The van der Waals surface area contributed by atoms with Gasteiger partial charge < -0.3 is 14.5 Å². The lowest BCUT2D eigenvalue weighted by Gasteiger charge is -2.45. The predicted octanol–water partition coefficient (Wildman–Crippen LogP) is 2.43. The minimum Gasteiger partial charge on any atom is -0.382 e. The van der Waals surface area contributed by atoms with Gasteiger partial charge in [-0.15, -0.1) is 0 Å². The lowest BCUT2D eigenvalue weighted by Crippen LogP contribution is -2.58. The summed E-state index contributed by atoms with van der Waals surface area (Å²) in [6.07, 6.45) is 1.28. The standard InChI is InChI=1S/C16H19BrClN3O3/c1-4-16(23)21-8-13(11-5-14(17)19-15(18)6-11)20(10(2)22)7-12(21)9-24-3/h4-6,12-13H,1,7-9H2,2-3H3/t12-,13+/m1/s1. The monoisotopic (exact) mass is 415 g/mol. The number of ether oxygens (including phenoxy) is 1. The van der Waals surface area contributed by atoms with Crippen LogP contribution in [0.2, 0.25) is 5.15 Å². The third kappa shape index (κ3) is 4.15. The van der Waals surface area contributed by atoms with Crippen molar-refractivity contribution in [1.29, 1.82) is 0 Å². The van der Waals surface area contributed by atoms with Gasteiger partial charge in [-0.05, 0) is 39.7 Å². The van der Waals surface area contributed by atoms with Crippen molar-refractivity contribution in [3.8, 4) is 0 Å². The van der Waals surface area contributed by atoms with Gasteiger partial charge in [-0.25, -0.2) is 4.98 Å². The van der Waals surface area contributed by atoms with Crippen molar-refractivity contribution in [2.24, 2.45) is 0 Å². The zero-order valence-corrected chi connectivity index (χ0v) is 15.9. The van der Waals surface area contributed by atoms with Crippen LogP contribution in [0.4, 0.5) is 0 Å². The van der Waals surface area contributed by atoms with E-state index in [-0.39, 0.29) is 23.9 Å². The molecule has 0 saturated carbocycles. The number of carbonyl (C=O) groups is 2. The number of nitrogens with zero attached hydrogens (tertiary/aromatic N) is 3. The summed E-state index contributed by atoms with van der Waals surface area (Å²) < 4.78 is 5.79. The van der Waals surface area contributed by atoms with Crippen LogP contribution in [0.3, 0.4) is 0 Å². The van der Waals surface area contributed by atoms with Crippen LogP contribution in [0.25, 0.3) is 0 Å². The quantitative estimate of drug-likeness (QED) is 0.559. The van der Waals surface area contributed by atoms with E-state index in [1.807, 2.05) is 0 Å².